The molecule has 24 heavy (non-hydrogen) atoms. The fraction of sp³-hybridized carbons (Fsp3) is 0.471. The zero-order valence-corrected chi connectivity index (χ0v) is 15.1. The highest BCUT2D eigenvalue weighted by molar-refractivity contribution is 8.00. The molecule has 6 nitrogen and oxygen atoms in total. The van der Waals surface area contributed by atoms with E-state index < -0.39 is 0 Å². The van der Waals surface area contributed by atoms with Gasteiger partial charge < -0.3 is 14.5 Å². The number of benzene rings is 1. The third-order valence-electron chi connectivity index (χ3n) is 3.32. The largest absolute Gasteiger partial charge is 0.411 e. The van der Waals surface area contributed by atoms with Crippen molar-refractivity contribution >= 4 is 17.7 Å². The molecule has 1 N–H and O–H groups in total. The van der Waals surface area contributed by atoms with Crippen LogP contribution in [0.3, 0.4) is 0 Å². The van der Waals surface area contributed by atoms with Crippen molar-refractivity contribution < 1.29 is 13.9 Å². The third-order valence-corrected chi connectivity index (χ3v) is 4.25. The van der Waals surface area contributed by atoms with Crippen LogP contribution >= 0.6 is 11.8 Å². The molecule has 0 spiro atoms. The summed E-state index contributed by atoms with van der Waals surface area (Å²) < 4.78 is 10.9. The Morgan fingerprint density at radius 3 is 2.79 bits per heavy atom. The number of amides is 1. The van der Waals surface area contributed by atoms with Crippen molar-refractivity contribution in [2.45, 2.75) is 37.7 Å². The Balaban J connectivity index is 1.82. The summed E-state index contributed by atoms with van der Waals surface area (Å²) >= 11 is 1.26. The zero-order chi connectivity index (χ0) is 17.4. The number of thioether (sulfide) groups is 1. The van der Waals surface area contributed by atoms with E-state index in [1.54, 1.807) is 0 Å². The smallest absolute Gasteiger partial charge is 0.277 e. The van der Waals surface area contributed by atoms with Gasteiger partial charge in [0, 0.05) is 25.3 Å². The maximum Gasteiger partial charge on any atom is 0.277 e. The van der Waals surface area contributed by atoms with Gasteiger partial charge in [0.15, 0.2) is 0 Å². The van der Waals surface area contributed by atoms with Gasteiger partial charge in [0.2, 0.25) is 11.8 Å². The molecule has 0 radical (unpaired) electrons. The maximum atomic E-state index is 12.0. The molecular formula is C17H23N3O3S. The van der Waals surface area contributed by atoms with Crippen LogP contribution in [0.2, 0.25) is 0 Å². The summed E-state index contributed by atoms with van der Waals surface area (Å²) in [6, 6.07) is 7.85. The summed E-state index contributed by atoms with van der Waals surface area (Å²) in [5.74, 6) is 0.411. The summed E-state index contributed by atoms with van der Waals surface area (Å²) in [4.78, 5) is 12.0. The molecule has 7 heteroatoms. The van der Waals surface area contributed by atoms with E-state index in [4.69, 9.17) is 9.15 Å². The van der Waals surface area contributed by atoms with Crippen molar-refractivity contribution in [2.24, 2.45) is 0 Å². The molecule has 1 atom stereocenters. The number of carbonyl (C=O) groups is 1. The lowest BCUT2D eigenvalue weighted by Crippen LogP contribution is -2.32. The molecule has 1 unspecified atom stereocenters. The lowest BCUT2D eigenvalue weighted by atomic mass is 10.1. The van der Waals surface area contributed by atoms with Crippen LogP contribution in [0.25, 0.3) is 11.5 Å². The number of aryl methyl sites for hydroxylation is 1. The molecule has 0 saturated heterocycles. The molecule has 0 aliphatic rings. The molecule has 2 rings (SSSR count). The minimum atomic E-state index is -0.302. The van der Waals surface area contributed by atoms with Crippen LogP contribution in [0.15, 0.2) is 33.9 Å². The second kappa shape index (κ2) is 9.44. The second-order valence-electron chi connectivity index (χ2n) is 5.34. The number of hydrogen-bond donors (Lipinski definition) is 1. The lowest BCUT2D eigenvalue weighted by Gasteiger charge is -2.09. The predicted molar refractivity (Wildman–Crippen MR) is 93.9 cm³/mol. The van der Waals surface area contributed by atoms with Crippen molar-refractivity contribution in [1.82, 2.24) is 15.5 Å². The summed E-state index contributed by atoms with van der Waals surface area (Å²) in [5, 5.41) is 11.0. The lowest BCUT2D eigenvalue weighted by molar-refractivity contribution is -0.120. The minimum absolute atomic E-state index is 0.0495. The number of aromatic nitrogens is 2. The van der Waals surface area contributed by atoms with Crippen molar-refractivity contribution in [3.8, 4) is 11.5 Å². The Bertz CT molecular complexity index is 643. The predicted octanol–water partition coefficient (Wildman–Crippen LogP) is 3.07. The highest BCUT2D eigenvalue weighted by Gasteiger charge is 2.18. The van der Waals surface area contributed by atoms with Crippen LogP contribution in [0.5, 0.6) is 0 Å². The van der Waals surface area contributed by atoms with Gasteiger partial charge in [-0.25, -0.2) is 0 Å². The summed E-state index contributed by atoms with van der Waals surface area (Å²) in [6.07, 6.45) is 0.801. The molecule has 1 amide bonds. The highest BCUT2D eigenvalue weighted by atomic mass is 32.2. The van der Waals surface area contributed by atoms with E-state index >= 15 is 0 Å². The first-order chi connectivity index (χ1) is 11.6. The molecule has 0 saturated carbocycles. The standard InChI is InChI=1S/C17H23N3O3S/c1-4-22-11-5-10-18-15(21)13(3)24-17-20-19-16(23-17)14-8-6-12(2)7-9-14/h6-9,13H,4-5,10-11H2,1-3H3,(H,18,21). The second-order valence-corrected chi connectivity index (χ2v) is 6.63. The zero-order valence-electron chi connectivity index (χ0n) is 14.2. The summed E-state index contributed by atoms with van der Waals surface area (Å²) in [7, 11) is 0. The third kappa shape index (κ3) is 5.65. The molecule has 1 aromatic carbocycles. The SMILES string of the molecule is CCOCCCNC(=O)C(C)Sc1nnc(-c2ccc(C)cc2)o1. The van der Waals surface area contributed by atoms with Gasteiger partial charge in [-0.05, 0) is 39.3 Å². The first-order valence-electron chi connectivity index (χ1n) is 8.02. The van der Waals surface area contributed by atoms with Gasteiger partial charge in [0.1, 0.15) is 0 Å². The van der Waals surface area contributed by atoms with E-state index in [-0.39, 0.29) is 11.2 Å². The van der Waals surface area contributed by atoms with E-state index in [2.05, 4.69) is 15.5 Å². The molecule has 0 aliphatic carbocycles. The quantitative estimate of drug-likeness (QED) is 0.554. The molecular weight excluding hydrogens is 326 g/mol. The Morgan fingerprint density at radius 1 is 1.33 bits per heavy atom. The fourth-order valence-electron chi connectivity index (χ4n) is 1.95. The normalized spacial score (nSPS) is 12.1. The Hall–Kier alpha value is -1.86. The molecule has 0 aliphatic heterocycles. The Labute approximate surface area is 146 Å². The van der Waals surface area contributed by atoms with Gasteiger partial charge in [-0.2, -0.15) is 0 Å². The first kappa shape index (κ1) is 18.5. The molecule has 0 fully saturated rings. The van der Waals surface area contributed by atoms with Crippen molar-refractivity contribution in [3.05, 3.63) is 29.8 Å². The highest BCUT2D eigenvalue weighted by Crippen LogP contribution is 2.26. The van der Waals surface area contributed by atoms with E-state index in [9.17, 15) is 4.79 Å². The molecule has 0 bridgehead atoms. The number of nitrogens with one attached hydrogen (secondary N) is 1. The van der Waals surface area contributed by atoms with Gasteiger partial charge in [-0.1, -0.05) is 29.5 Å². The van der Waals surface area contributed by atoms with Crippen molar-refractivity contribution in [2.75, 3.05) is 19.8 Å². The fourth-order valence-corrected chi connectivity index (χ4v) is 2.66. The van der Waals surface area contributed by atoms with Crippen LogP contribution in [0, 0.1) is 6.92 Å². The average molecular weight is 349 g/mol. The van der Waals surface area contributed by atoms with Gasteiger partial charge in [-0.3, -0.25) is 4.79 Å². The van der Waals surface area contributed by atoms with Crippen LogP contribution in [-0.2, 0) is 9.53 Å². The number of hydrogen-bond acceptors (Lipinski definition) is 6. The van der Waals surface area contributed by atoms with Crippen molar-refractivity contribution in [1.29, 1.82) is 0 Å². The van der Waals surface area contributed by atoms with Crippen LogP contribution < -0.4 is 5.32 Å². The molecule has 1 aromatic heterocycles. The minimum Gasteiger partial charge on any atom is -0.411 e. The number of carbonyl (C=O) groups excluding carboxylic acids is 1. The molecule has 2 aromatic rings. The van der Waals surface area contributed by atoms with Crippen LogP contribution in [0.1, 0.15) is 25.8 Å². The van der Waals surface area contributed by atoms with Gasteiger partial charge in [-0.15, -0.1) is 10.2 Å². The van der Waals surface area contributed by atoms with Gasteiger partial charge in [0.05, 0.1) is 5.25 Å². The molecule has 130 valence electrons. The summed E-state index contributed by atoms with van der Waals surface area (Å²) in [6.45, 7) is 7.74. The molecule has 1 heterocycles. The van der Waals surface area contributed by atoms with E-state index in [1.165, 1.54) is 17.3 Å². The van der Waals surface area contributed by atoms with Crippen LogP contribution in [0.4, 0.5) is 0 Å². The number of ether oxygens (including phenoxy) is 1. The monoisotopic (exact) mass is 349 g/mol. The maximum absolute atomic E-state index is 12.0. The van der Waals surface area contributed by atoms with Gasteiger partial charge in [0.25, 0.3) is 5.22 Å². The van der Waals surface area contributed by atoms with Crippen molar-refractivity contribution in [3.63, 3.8) is 0 Å². The average Bonchev–Trinajstić information content (AvgIpc) is 3.03. The summed E-state index contributed by atoms with van der Waals surface area (Å²) in [5.41, 5.74) is 2.04. The Kier molecular flexibility index (Phi) is 7.27. The number of nitrogens with zero attached hydrogens (tertiary/aromatic N) is 2. The van der Waals surface area contributed by atoms with Gasteiger partial charge >= 0.3 is 0 Å². The Morgan fingerprint density at radius 2 is 2.08 bits per heavy atom. The first-order valence-corrected chi connectivity index (χ1v) is 8.90. The van der Waals surface area contributed by atoms with Crippen LogP contribution in [-0.4, -0.2) is 41.1 Å². The van der Waals surface area contributed by atoms with E-state index in [0.717, 1.165) is 12.0 Å². The van der Waals surface area contributed by atoms with E-state index in [1.807, 2.05) is 45.0 Å². The topological polar surface area (TPSA) is 77.2 Å². The number of rotatable bonds is 9. The van der Waals surface area contributed by atoms with E-state index in [0.29, 0.717) is 30.9 Å².